The maximum Gasteiger partial charge on any atom is 0.271 e. The van der Waals surface area contributed by atoms with E-state index in [0.29, 0.717) is 21.5 Å². The molecular formula is C28H22FN3O4S2. The molecule has 0 saturated heterocycles. The first-order chi connectivity index (χ1) is 18.2. The molecule has 7 nitrogen and oxygen atoms in total. The highest BCUT2D eigenvalue weighted by Gasteiger charge is 2.32. The summed E-state index contributed by atoms with van der Waals surface area (Å²) in [5.41, 5.74) is 3.29. The van der Waals surface area contributed by atoms with Gasteiger partial charge in [0, 0.05) is 30.1 Å². The van der Waals surface area contributed by atoms with Crippen molar-refractivity contribution in [3.8, 4) is 11.1 Å². The summed E-state index contributed by atoms with van der Waals surface area (Å²) in [6.45, 7) is 2.35. The Morgan fingerprint density at radius 2 is 1.71 bits per heavy atom. The summed E-state index contributed by atoms with van der Waals surface area (Å²) in [5, 5.41) is 0.264. The fourth-order valence-electron chi connectivity index (χ4n) is 5.33. The average molecular weight is 548 g/mol. The van der Waals surface area contributed by atoms with Crippen molar-refractivity contribution in [2.45, 2.75) is 43.8 Å². The van der Waals surface area contributed by atoms with E-state index in [1.165, 1.54) is 10.4 Å². The molecule has 0 unspecified atom stereocenters. The number of aryl methyl sites for hydroxylation is 1. The number of benzene rings is 3. The first kappa shape index (κ1) is 23.5. The third-order valence-corrected chi connectivity index (χ3v) is 10.2. The van der Waals surface area contributed by atoms with E-state index in [-0.39, 0.29) is 34.8 Å². The number of H-pyrrole nitrogens is 1. The third-order valence-electron chi connectivity index (χ3n) is 7.50. The molecule has 1 aliphatic carbocycles. The van der Waals surface area contributed by atoms with Crippen LogP contribution in [0.2, 0.25) is 0 Å². The Morgan fingerprint density at radius 3 is 2.45 bits per heavy atom. The molecule has 10 heteroatoms. The van der Waals surface area contributed by atoms with Gasteiger partial charge in [-0.05, 0) is 78.3 Å². The summed E-state index contributed by atoms with van der Waals surface area (Å²) < 4.78 is 48.0. The lowest BCUT2D eigenvalue weighted by Gasteiger charge is -2.15. The lowest BCUT2D eigenvalue weighted by molar-refractivity contribution is 0.431. The van der Waals surface area contributed by atoms with E-state index in [1.54, 1.807) is 36.4 Å². The lowest BCUT2D eigenvalue weighted by atomic mass is 9.98. The van der Waals surface area contributed by atoms with Gasteiger partial charge in [-0.25, -0.2) is 12.8 Å². The molecule has 3 heterocycles. The van der Waals surface area contributed by atoms with Crippen molar-refractivity contribution in [2.75, 3.05) is 0 Å². The Hall–Kier alpha value is -3.60. The summed E-state index contributed by atoms with van der Waals surface area (Å²) in [5.74, 6) is -0.565. The number of aromatic amines is 1. The molecule has 5 aromatic rings. The Balaban J connectivity index is 1.32. The number of nitrogens with one attached hydrogen (secondary N) is 1. The van der Waals surface area contributed by atoms with Gasteiger partial charge < -0.3 is 4.57 Å². The second-order valence-electron chi connectivity index (χ2n) is 10.1. The van der Waals surface area contributed by atoms with Gasteiger partial charge in [-0.1, -0.05) is 29.8 Å². The minimum atomic E-state index is -3.68. The molecular weight excluding hydrogens is 525 g/mol. The van der Waals surface area contributed by atoms with E-state index >= 15 is 4.39 Å². The van der Waals surface area contributed by atoms with Crippen LogP contribution in [0.5, 0.6) is 0 Å². The van der Waals surface area contributed by atoms with Crippen molar-refractivity contribution in [1.82, 2.24) is 13.2 Å². The van der Waals surface area contributed by atoms with E-state index in [9.17, 15) is 18.0 Å². The number of rotatable bonds is 4. The van der Waals surface area contributed by atoms with Crippen molar-refractivity contribution in [3.05, 3.63) is 97.7 Å². The van der Waals surface area contributed by atoms with Crippen LogP contribution in [-0.4, -0.2) is 21.7 Å². The van der Waals surface area contributed by atoms with Gasteiger partial charge in [-0.15, -0.1) is 0 Å². The fourth-order valence-corrected chi connectivity index (χ4v) is 7.65. The molecule has 7 rings (SSSR count). The zero-order chi connectivity index (χ0) is 26.3. The molecule has 1 aliphatic heterocycles. The zero-order valence-corrected chi connectivity index (χ0v) is 22.0. The Labute approximate surface area is 221 Å². The summed E-state index contributed by atoms with van der Waals surface area (Å²) >= 11 is 1.13. The first-order valence-electron chi connectivity index (χ1n) is 12.3. The summed E-state index contributed by atoms with van der Waals surface area (Å²) in [6, 6.07) is 15.3. The number of hydrogen-bond donors (Lipinski definition) is 1. The normalized spacial score (nSPS) is 15.9. The van der Waals surface area contributed by atoms with E-state index in [0.717, 1.165) is 41.1 Å². The van der Waals surface area contributed by atoms with Gasteiger partial charge in [-0.2, -0.15) is 4.31 Å². The molecule has 1 N–H and O–H groups in total. The molecule has 0 bridgehead atoms. The molecule has 192 valence electrons. The molecule has 1 saturated carbocycles. The van der Waals surface area contributed by atoms with E-state index in [4.69, 9.17) is 0 Å². The molecule has 2 aliphatic rings. The highest BCUT2D eigenvalue weighted by molar-refractivity contribution is 7.89. The van der Waals surface area contributed by atoms with Crippen LogP contribution >= 0.6 is 11.5 Å². The van der Waals surface area contributed by atoms with Gasteiger partial charge in [0.05, 0.1) is 10.4 Å². The van der Waals surface area contributed by atoms with Crippen LogP contribution in [0, 0.1) is 12.7 Å². The van der Waals surface area contributed by atoms with Crippen LogP contribution in [0.1, 0.15) is 35.6 Å². The van der Waals surface area contributed by atoms with Gasteiger partial charge in [-0.3, -0.25) is 14.0 Å². The molecule has 2 aromatic heterocycles. The van der Waals surface area contributed by atoms with Crippen molar-refractivity contribution in [2.24, 2.45) is 0 Å². The predicted octanol–water partition coefficient (Wildman–Crippen LogP) is 5.06. The number of fused-ring (bicyclic) bond motifs is 3. The second-order valence-corrected chi connectivity index (χ2v) is 12.8. The van der Waals surface area contributed by atoms with Gasteiger partial charge in [0.15, 0.2) is 0 Å². The van der Waals surface area contributed by atoms with Crippen LogP contribution in [-0.2, 0) is 23.1 Å². The van der Waals surface area contributed by atoms with Gasteiger partial charge in [0.2, 0.25) is 15.5 Å². The number of hydrogen-bond acceptors (Lipinski definition) is 5. The van der Waals surface area contributed by atoms with Crippen LogP contribution in [0.3, 0.4) is 0 Å². The van der Waals surface area contributed by atoms with Crippen LogP contribution < -0.4 is 11.0 Å². The number of halogens is 1. The first-order valence-corrected chi connectivity index (χ1v) is 14.6. The average Bonchev–Trinajstić information content (AvgIpc) is 3.51. The van der Waals surface area contributed by atoms with Crippen LogP contribution in [0.25, 0.3) is 32.2 Å². The van der Waals surface area contributed by atoms with Crippen molar-refractivity contribution < 1.29 is 12.8 Å². The Morgan fingerprint density at radius 1 is 0.974 bits per heavy atom. The maximum absolute atomic E-state index is 15.5. The zero-order valence-electron chi connectivity index (χ0n) is 20.3. The smallest absolute Gasteiger partial charge is 0.271 e. The number of aromatic nitrogens is 2. The monoisotopic (exact) mass is 547 g/mol. The highest BCUT2D eigenvalue weighted by atomic mass is 32.2. The fraction of sp³-hybridized carbons (Fsp3) is 0.214. The minimum Gasteiger partial charge on any atom is -0.328 e. The standard InChI is InChI=1S/C28H22FN3O4S2/c1-15-2-8-20(9-3-15)38(35,36)31-13-17-5-4-16(10-18(17)14-31)21-12-24-22(11-23(21)29)26(33)25-27(34)30-37-28(25)32(24)19-6-7-19/h2-5,8-12,19H,6-7,13-14H2,1H3,(H,30,34). The van der Waals surface area contributed by atoms with Crippen molar-refractivity contribution >= 4 is 42.7 Å². The summed E-state index contributed by atoms with van der Waals surface area (Å²) in [4.78, 5) is 26.3. The quantitative estimate of drug-likeness (QED) is 0.341. The molecule has 0 spiro atoms. The van der Waals surface area contributed by atoms with E-state index < -0.39 is 26.8 Å². The Bertz CT molecular complexity index is 2020. The molecule has 1 fully saturated rings. The maximum atomic E-state index is 15.5. The van der Waals surface area contributed by atoms with E-state index in [1.807, 2.05) is 23.6 Å². The van der Waals surface area contributed by atoms with Crippen molar-refractivity contribution in [1.29, 1.82) is 0 Å². The second kappa shape index (κ2) is 8.20. The highest BCUT2D eigenvalue weighted by Crippen LogP contribution is 2.41. The predicted molar refractivity (Wildman–Crippen MR) is 145 cm³/mol. The third kappa shape index (κ3) is 3.51. The Kier molecular flexibility index (Phi) is 5.07. The minimum absolute atomic E-state index is 0.0777. The molecule has 0 radical (unpaired) electrons. The van der Waals surface area contributed by atoms with Crippen LogP contribution in [0.15, 0.2) is 69.1 Å². The largest absolute Gasteiger partial charge is 0.328 e. The lowest BCUT2D eigenvalue weighted by Crippen LogP contribution is -2.25. The van der Waals surface area contributed by atoms with Gasteiger partial charge in [0.25, 0.3) is 5.56 Å². The number of pyridine rings is 1. The topological polar surface area (TPSA) is 92.2 Å². The van der Waals surface area contributed by atoms with Gasteiger partial charge >= 0.3 is 0 Å². The molecule has 0 atom stereocenters. The molecule has 3 aromatic carbocycles. The molecule has 0 amide bonds. The number of nitrogens with zero attached hydrogens (tertiary/aromatic N) is 2. The summed E-state index contributed by atoms with van der Waals surface area (Å²) in [6.07, 6.45) is 1.85. The van der Waals surface area contributed by atoms with E-state index in [2.05, 4.69) is 4.37 Å². The SMILES string of the molecule is Cc1ccc(S(=O)(=O)N2Cc3ccc(-c4cc5c(cc4F)c(=O)c4c(=O)[nH]sc4n5C4CC4)cc3C2)cc1. The van der Waals surface area contributed by atoms with Crippen molar-refractivity contribution in [3.63, 3.8) is 0 Å². The number of sulfonamides is 1. The van der Waals surface area contributed by atoms with Gasteiger partial charge in [0.1, 0.15) is 16.0 Å². The summed E-state index contributed by atoms with van der Waals surface area (Å²) in [7, 11) is -3.68. The molecule has 38 heavy (non-hydrogen) atoms. The van der Waals surface area contributed by atoms with Crippen LogP contribution in [0.4, 0.5) is 4.39 Å².